The number of carbonyl (C=O) groups excluding carboxylic acids is 2. The zero-order chi connectivity index (χ0) is 19.5. The summed E-state index contributed by atoms with van der Waals surface area (Å²) in [6.07, 6.45) is -0.344. The zero-order valence-corrected chi connectivity index (χ0v) is 17.4. The van der Waals surface area contributed by atoms with Crippen molar-refractivity contribution >= 4 is 33.7 Å². The molecule has 1 saturated heterocycles. The first-order valence-corrected chi connectivity index (χ1v) is 9.29. The smallest absolute Gasteiger partial charge is 0.410 e. The van der Waals surface area contributed by atoms with Crippen molar-refractivity contribution in [3.05, 3.63) is 22.7 Å². The summed E-state index contributed by atoms with van der Waals surface area (Å²) in [5, 5.41) is 2.88. The topological polar surface area (TPSA) is 71.1 Å². The summed E-state index contributed by atoms with van der Waals surface area (Å²) in [5.41, 5.74) is 0.140. The van der Waals surface area contributed by atoms with Gasteiger partial charge in [-0.3, -0.25) is 0 Å². The summed E-state index contributed by atoms with van der Waals surface area (Å²) in [6.45, 7) is 8.76. The van der Waals surface area contributed by atoms with Gasteiger partial charge in [0.1, 0.15) is 11.4 Å². The molecule has 144 valence electrons. The van der Waals surface area contributed by atoms with Gasteiger partial charge in [0.15, 0.2) is 0 Å². The number of nitrogens with zero attached hydrogens (tertiary/aromatic N) is 2. The van der Waals surface area contributed by atoms with Gasteiger partial charge in [0.2, 0.25) is 0 Å². The van der Waals surface area contributed by atoms with Crippen molar-refractivity contribution in [1.29, 1.82) is 0 Å². The van der Waals surface area contributed by atoms with Crippen LogP contribution in [0.2, 0.25) is 0 Å². The Morgan fingerprint density at radius 2 is 1.96 bits per heavy atom. The summed E-state index contributed by atoms with van der Waals surface area (Å²) < 4.78 is 11.4. The Morgan fingerprint density at radius 3 is 2.50 bits per heavy atom. The normalized spacial score (nSPS) is 17.7. The van der Waals surface area contributed by atoms with E-state index < -0.39 is 5.60 Å². The molecule has 1 aromatic rings. The average Bonchev–Trinajstić information content (AvgIpc) is 2.53. The van der Waals surface area contributed by atoms with Crippen LogP contribution in [-0.4, -0.2) is 60.3 Å². The van der Waals surface area contributed by atoms with E-state index in [-0.39, 0.29) is 18.2 Å². The number of anilines is 1. The Kier molecular flexibility index (Phi) is 6.39. The van der Waals surface area contributed by atoms with E-state index in [1.165, 1.54) is 0 Å². The highest BCUT2D eigenvalue weighted by atomic mass is 79.9. The number of ether oxygens (including phenoxy) is 2. The molecule has 1 heterocycles. The van der Waals surface area contributed by atoms with E-state index in [1.807, 2.05) is 27.7 Å². The quantitative estimate of drug-likeness (QED) is 0.775. The Bertz CT molecular complexity index is 675. The van der Waals surface area contributed by atoms with Gasteiger partial charge in [0.25, 0.3) is 0 Å². The van der Waals surface area contributed by atoms with Crippen molar-refractivity contribution in [2.75, 3.05) is 32.1 Å². The second kappa shape index (κ2) is 8.16. The minimum atomic E-state index is -0.531. The van der Waals surface area contributed by atoms with E-state index in [9.17, 15) is 9.59 Å². The van der Waals surface area contributed by atoms with Crippen molar-refractivity contribution in [2.24, 2.45) is 0 Å². The number of benzene rings is 1. The van der Waals surface area contributed by atoms with Crippen LogP contribution in [0.1, 0.15) is 27.7 Å². The summed E-state index contributed by atoms with van der Waals surface area (Å²) in [5.74, 6) is 0.697. The summed E-state index contributed by atoms with van der Waals surface area (Å²) in [6, 6.07) is 5.04. The second-order valence-corrected chi connectivity index (χ2v) is 8.10. The molecule has 0 spiro atoms. The van der Waals surface area contributed by atoms with Gasteiger partial charge < -0.3 is 24.6 Å². The lowest BCUT2D eigenvalue weighted by Crippen LogP contribution is -2.57. The molecule has 0 bridgehead atoms. The Morgan fingerprint density at radius 1 is 1.27 bits per heavy atom. The Labute approximate surface area is 162 Å². The number of carbonyl (C=O) groups is 2. The fourth-order valence-electron chi connectivity index (χ4n) is 2.69. The lowest BCUT2D eigenvalue weighted by atomic mass is 10.2. The summed E-state index contributed by atoms with van der Waals surface area (Å²) >= 11 is 3.40. The lowest BCUT2D eigenvalue weighted by Gasteiger charge is -2.40. The third-order valence-corrected chi connectivity index (χ3v) is 4.56. The van der Waals surface area contributed by atoms with E-state index in [0.29, 0.717) is 31.1 Å². The highest BCUT2D eigenvalue weighted by Gasteiger charge is 2.32. The van der Waals surface area contributed by atoms with Gasteiger partial charge in [0, 0.05) is 31.4 Å². The number of hydrogen-bond acceptors (Lipinski definition) is 4. The van der Waals surface area contributed by atoms with Crippen molar-refractivity contribution in [1.82, 2.24) is 9.80 Å². The number of methoxy groups -OCH3 is 1. The van der Waals surface area contributed by atoms with Crippen LogP contribution >= 0.6 is 15.9 Å². The van der Waals surface area contributed by atoms with Gasteiger partial charge in [-0.05, 0) is 61.8 Å². The number of halogens is 1. The molecule has 0 aromatic heterocycles. The number of piperazine rings is 1. The van der Waals surface area contributed by atoms with E-state index in [2.05, 4.69) is 21.2 Å². The molecule has 2 rings (SSSR count). The predicted molar refractivity (Wildman–Crippen MR) is 104 cm³/mol. The molecule has 0 aliphatic carbocycles. The number of urea groups is 1. The van der Waals surface area contributed by atoms with Crippen molar-refractivity contribution in [3.8, 4) is 5.75 Å². The van der Waals surface area contributed by atoms with Gasteiger partial charge in [-0.1, -0.05) is 0 Å². The maximum atomic E-state index is 12.6. The van der Waals surface area contributed by atoms with E-state index in [1.54, 1.807) is 35.1 Å². The first-order chi connectivity index (χ1) is 12.1. The highest BCUT2D eigenvalue weighted by Crippen LogP contribution is 2.28. The van der Waals surface area contributed by atoms with Crippen molar-refractivity contribution in [3.63, 3.8) is 0 Å². The molecule has 3 amide bonds. The molecule has 26 heavy (non-hydrogen) atoms. The monoisotopic (exact) mass is 427 g/mol. The molecule has 1 aliphatic heterocycles. The number of nitrogens with one attached hydrogen (secondary N) is 1. The molecule has 1 atom stereocenters. The number of hydrogen-bond donors (Lipinski definition) is 1. The maximum Gasteiger partial charge on any atom is 0.410 e. The predicted octanol–water partition coefficient (Wildman–Crippen LogP) is 3.93. The lowest BCUT2D eigenvalue weighted by molar-refractivity contribution is 0.0112. The third-order valence-electron chi connectivity index (χ3n) is 3.94. The molecule has 8 heteroatoms. The van der Waals surface area contributed by atoms with Gasteiger partial charge in [-0.2, -0.15) is 0 Å². The molecule has 1 N–H and O–H groups in total. The Balaban J connectivity index is 1.95. The minimum absolute atomic E-state index is 0.113. The van der Waals surface area contributed by atoms with Crippen LogP contribution in [0.4, 0.5) is 15.3 Å². The van der Waals surface area contributed by atoms with E-state index in [4.69, 9.17) is 9.47 Å². The first kappa shape index (κ1) is 20.4. The molecule has 0 radical (unpaired) electrons. The molecule has 1 aliphatic rings. The molecule has 0 saturated carbocycles. The standard InChI is InChI=1S/C18H26BrN3O4/c1-12-11-21(17(24)26-18(2,3)4)8-9-22(12)16(23)20-13-6-7-15(25-5)14(19)10-13/h6-7,10,12H,8-9,11H2,1-5H3,(H,20,23). The van der Waals surface area contributed by atoms with Crippen LogP contribution in [0.5, 0.6) is 5.75 Å². The van der Waals surface area contributed by atoms with Crippen LogP contribution in [0, 0.1) is 0 Å². The maximum absolute atomic E-state index is 12.6. The van der Waals surface area contributed by atoms with Gasteiger partial charge in [-0.15, -0.1) is 0 Å². The zero-order valence-electron chi connectivity index (χ0n) is 15.8. The molecule has 7 nitrogen and oxygen atoms in total. The number of amides is 3. The highest BCUT2D eigenvalue weighted by molar-refractivity contribution is 9.10. The average molecular weight is 428 g/mol. The minimum Gasteiger partial charge on any atom is -0.496 e. The van der Waals surface area contributed by atoms with Crippen LogP contribution in [0.25, 0.3) is 0 Å². The Hall–Kier alpha value is -1.96. The van der Waals surface area contributed by atoms with Crippen LogP contribution in [-0.2, 0) is 4.74 Å². The molecule has 1 fully saturated rings. The SMILES string of the molecule is COc1ccc(NC(=O)N2CCN(C(=O)OC(C)(C)C)CC2C)cc1Br. The van der Waals surface area contributed by atoms with Gasteiger partial charge >= 0.3 is 12.1 Å². The van der Waals surface area contributed by atoms with Gasteiger partial charge in [0.05, 0.1) is 11.6 Å². The summed E-state index contributed by atoms with van der Waals surface area (Å²) in [7, 11) is 1.59. The summed E-state index contributed by atoms with van der Waals surface area (Å²) in [4.78, 5) is 28.1. The van der Waals surface area contributed by atoms with Gasteiger partial charge in [-0.25, -0.2) is 9.59 Å². The second-order valence-electron chi connectivity index (χ2n) is 7.25. The van der Waals surface area contributed by atoms with Crippen molar-refractivity contribution < 1.29 is 19.1 Å². The van der Waals surface area contributed by atoms with Crippen molar-refractivity contribution in [2.45, 2.75) is 39.3 Å². The number of rotatable bonds is 2. The molecule has 1 aromatic carbocycles. The van der Waals surface area contributed by atoms with Crippen LogP contribution in [0.15, 0.2) is 22.7 Å². The largest absolute Gasteiger partial charge is 0.496 e. The molecular weight excluding hydrogens is 402 g/mol. The fourth-order valence-corrected chi connectivity index (χ4v) is 3.23. The first-order valence-electron chi connectivity index (χ1n) is 8.50. The molecular formula is C18H26BrN3O4. The van der Waals surface area contributed by atoms with E-state index >= 15 is 0 Å². The van der Waals surface area contributed by atoms with Crippen LogP contribution in [0.3, 0.4) is 0 Å². The van der Waals surface area contributed by atoms with Crippen LogP contribution < -0.4 is 10.1 Å². The van der Waals surface area contributed by atoms with E-state index in [0.717, 1.165) is 4.47 Å². The fraction of sp³-hybridized carbons (Fsp3) is 0.556. The third kappa shape index (κ3) is 5.27. The molecule has 1 unspecified atom stereocenters.